The van der Waals surface area contributed by atoms with E-state index in [4.69, 9.17) is 17.3 Å². The molecule has 18 heavy (non-hydrogen) atoms. The molecule has 0 aromatic heterocycles. The number of hydrogen-bond donors (Lipinski definition) is 2. The van der Waals surface area contributed by atoms with Crippen LogP contribution in [0.15, 0.2) is 23.1 Å². The van der Waals surface area contributed by atoms with E-state index >= 15 is 0 Å². The van der Waals surface area contributed by atoms with E-state index in [-0.39, 0.29) is 22.4 Å². The second-order valence-electron chi connectivity index (χ2n) is 4.28. The van der Waals surface area contributed by atoms with Gasteiger partial charge in [0.25, 0.3) is 0 Å². The lowest BCUT2D eigenvalue weighted by Crippen LogP contribution is -2.43. The molecule has 4 nitrogen and oxygen atoms in total. The third-order valence-corrected chi connectivity index (χ3v) is 4.52. The van der Waals surface area contributed by atoms with Gasteiger partial charge >= 0.3 is 0 Å². The summed E-state index contributed by atoms with van der Waals surface area (Å²) in [5.74, 6) is -0.634. The number of hydrogen-bond acceptors (Lipinski definition) is 3. The van der Waals surface area contributed by atoms with Crippen molar-refractivity contribution in [2.75, 3.05) is 6.54 Å². The third-order valence-electron chi connectivity index (χ3n) is 2.55. The average Bonchev–Trinajstić information content (AvgIpc) is 2.28. The molecule has 3 N–H and O–H groups in total. The lowest BCUT2D eigenvalue weighted by molar-refractivity contribution is 0.454. The van der Waals surface area contributed by atoms with Crippen molar-refractivity contribution in [3.63, 3.8) is 0 Å². The highest BCUT2D eigenvalue weighted by atomic mass is 35.5. The van der Waals surface area contributed by atoms with Gasteiger partial charge in [0.05, 0.1) is 5.02 Å². The SMILES string of the molecule is CC(C)C(CN)NS(=O)(=O)c1cc(F)ccc1Cl. The van der Waals surface area contributed by atoms with Crippen LogP contribution in [0.2, 0.25) is 5.02 Å². The van der Waals surface area contributed by atoms with E-state index in [9.17, 15) is 12.8 Å². The number of benzene rings is 1. The first kappa shape index (κ1) is 15.4. The molecule has 0 aliphatic rings. The fourth-order valence-corrected chi connectivity index (χ4v) is 3.31. The Hall–Kier alpha value is -0.690. The highest BCUT2D eigenvalue weighted by Crippen LogP contribution is 2.22. The van der Waals surface area contributed by atoms with E-state index in [0.29, 0.717) is 0 Å². The Bertz CT molecular complexity index is 520. The highest BCUT2D eigenvalue weighted by Gasteiger charge is 2.24. The van der Waals surface area contributed by atoms with Crippen LogP contribution in [0.3, 0.4) is 0 Å². The number of sulfonamides is 1. The second kappa shape index (κ2) is 5.97. The minimum atomic E-state index is -3.87. The lowest BCUT2D eigenvalue weighted by atomic mass is 10.1. The number of rotatable bonds is 5. The Morgan fingerprint density at radius 2 is 2.06 bits per heavy atom. The normalized spacial score (nSPS) is 13.9. The van der Waals surface area contributed by atoms with Crippen molar-refractivity contribution < 1.29 is 12.8 Å². The molecule has 0 radical (unpaired) electrons. The van der Waals surface area contributed by atoms with Crippen molar-refractivity contribution in [1.29, 1.82) is 0 Å². The molecule has 0 spiro atoms. The Labute approximate surface area is 111 Å². The molecule has 0 fully saturated rings. The first-order valence-corrected chi connectivity index (χ1v) is 7.31. The van der Waals surface area contributed by atoms with Crippen LogP contribution in [0.4, 0.5) is 4.39 Å². The second-order valence-corrected chi connectivity index (χ2v) is 6.37. The van der Waals surface area contributed by atoms with Crippen LogP contribution >= 0.6 is 11.6 Å². The van der Waals surface area contributed by atoms with Crippen molar-refractivity contribution >= 4 is 21.6 Å². The molecule has 1 aromatic carbocycles. The van der Waals surface area contributed by atoms with E-state index < -0.39 is 21.9 Å². The zero-order valence-electron chi connectivity index (χ0n) is 10.2. The molecule has 1 aromatic rings. The number of nitrogens with two attached hydrogens (primary N) is 1. The molecule has 102 valence electrons. The molecule has 0 saturated carbocycles. The molecule has 0 bridgehead atoms. The summed E-state index contributed by atoms with van der Waals surface area (Å²) < 4.78 is 39.6. The number of halogens is 2. The van der Waals surface area contributed by atoms with Gasteiger partial charge < -0.3 is 5.73 Å². The van der Waals surface area contributed by atoms with Gasteiger partial charge in [0.15, 0.2) is 0 Å². The van der Waals surface area contributed by atoms with Gasteiger partial charge in [-0.1, -0.05) is 25.4 Å². The molecule has 0 aliphatic carbocycles. The van der Waals surface area contributed by atoms with E-state index in [1.54, 1.807) is 0 Å². The number of nitrogens with one attached hydrogen (secondary N) is 1. The van der Waals surface area contributed by atoms with Crippen LogP contribution in [-0.2, 0) is 10.0 Å². The molecular weight excluding hydrogens is 279 g/mol. The van der Waals surface area contributed by atoms with Gasteiger partial charge in [-0.05, 0) is 24.1 Å². The Morgan fingerprint density at radius 3 is 2.56 bits per heavy atom. The largest absolute Gasteiger partial charge is 0.329 e. The lowest BCUT2D eigenvalue weighted by Gasteiger charge is -2.20. The van der Waals surface area contributed by atoms with Crippen molar-refractivity contribution in [2.45, 2.75) is 24.8 Å². The van der Waals surface area contributed by atoms with Crippen LogP contribution in [-0.4, -0.2) is 21.0 Å². The first-order valence-electron chi connectivity index (χ1n) is 5.45. The molecule has 1 atom stereocenters. The van der Waals surface area contributed by atoms with Gasteiger partial charge in [-0.2, -0.15) is 0 Å². The third kappa shape index (κ3) is 3.65. The van der Waals surface area contributed by atoms with E-state index in [0.717, 1.165) is 12.1 Å². The maximum atomic E-state index is 13.1. The maximum Gasteiger partial charge on any atom is 0.242 e. The van der Waals surface area contributed by atoms with Crippen LogP contribution in [0.5, 0.6) is 0 Å². The monoisotopic (exact) mass is 294 g/mol. The fourth-order valence-electron chi connectivity index (χ4n) is 1.40. The van der Waals surface area contributed by atoms with Gasteiger partial charge in [-0.25, -0.2) is 17.5 Å². The van der Waals surface area contributed by atoms with E-state index in [1.807, 2.05) is 13.8 Å². The zero-order chi connectivity index (χ0) is 13.9. The average molecular weight is 295 g/mol. The minimum Gasteiger partial charge on any atom is -0.329 e. The van der Waals surface area contributed by atoms with Crippen molar-refractivity contribution in [3.8, 4) is 0 Å². The predicted molar refractivity (Wildman–Crippen MR) is 69.4 cm³/mol. The summed E-state index contributed by atoms with van der Waals surface area (Å²) in [6.07, 6.45) is 0. The van der Waals surface area contributed by atoms with E-state index in [2.05, 4.69) is 4.72 Å². The fraction of sp³-hybridized carbons (Fsp3) is 0.455. The summed E-state index contributed by atoms with van der Waals surface area (Å²) in [7, 11) is -3.87. The smallest absolute Gasteiger partial charge is 0.242 e. The van der Waals surface area contributed by atoms with Crippen molar-refractivity contribution in [3.05, 3.63) is 29.0 Å². The van der Waals surface area contributed by atoms with Crippen LogP contribution in [0, 0.1) is 11.7 Å². The maximum absolute atomic E-state index is 13.1. The topological polar surface area (TPSA) is 72.2 Å². The Balaban J connectivity index is 3.10. The van der Waals surface area contributed by atoms with Crippen molar-refractivity contribution in [2.24, 2.45) is 11.7 Å². The quantitative estimate of drug-likeness (QED) is 0.869. The van der Waals surface area contributed by atoms with Gasteiger partial charge in [0.2, 0.25) is 10.0 Å². The Morgan fingerprint density at radius 1 is 1.44 bits per heavy atom. The van der Waals surface area contributed by atoms with Crippen molar-refractivity contribution in [1.82, 2.24) is 4.72 Å². The molecule has 0 heterocycles. The summed E-state index contributed by atoms with van der Waals surface area (Å²) in [6, 6.07) is 2.77. The summed E-state index contributed by atoms with van der Waals surface area (Å²) in [6.45, 7) is 3.84. The minimum absolute atomic E-state index is 0.0246. The van der Waals surface area contributed by atoms with Gasteiger partial charge in [0, 0.05) is 12.6 Å². The molecule has 1 unspecified atom stereocenters. The van der Waals surface area contributed by atoms with Gasteiger partial charge in [0.1, 0.15) is 10.7 Å². The molecule has 0 amide bonds. The van der Waals surface area contributed by atoms with E-state index in [1.165, 1.54) is 6.07 Å². The van der Waals surface area contributed by atoms with Gasteiger partial charge in [-0.15, -0.1) is 0 Å². The molecule has 0 aliphatic heterocycles. The molecule has 0 saturated heterocycles. The van der Waals surface area contributed by atoms with Crippen LogP contribution in [0.1, 0.15) is 13.8 Å². The summed E-state index contributed by atoms with van der Waals surface area (Å²) in [5, 5.41) is -0.0246. The zero-order valence-corrected chi connectivity index (χ0v) is 11.7. The van der Waals surface area contributed by atoms with Gasteiger partial charge in [-0.3, -0.25) is 0 Å². The summed E-state index contributed by atoms with van der Waals surface area (Å²) in [5.41, 5.74) is 5.49. The van der Waals surface area contributed by atoms with Crippen LogP contribution in [0.25, 0.3) is 0 Å². The first-order chi connectivity index (χ1) is 8.27. The molecule has 7 heteroatoms. The molecular formula is C11H16ClFN2O2S. The standard InChI is InChI=1S/C11H16ClFN2O2S/c1-7(2)10(6-14)15-18(16,17)11-5-8(13)3-4-9(11)12/h3-5,7,10,15H,6,14H2,1-2H3. The highest BCUT2D eigenvalue weighted by molar-refractivity contribution is 7.89. The molecule has 1 rings (SSSR count). The summed E-state index contributed by atoms with van der Waals surface area (Å²) in [4.78, 5) is -0.275. The summed E-state index contributed by atoms with van der Waals surface area (Å²) >= 11 is 5.77. The predicted octanol–water partition coefficient (Wildman–Crippen LogP) is 1.74. The van der Waals surface area contributed by atoms with Crippen LogP contribution < -0.4 is 10.5 Å². The Kier molecular flexibility index (Phi) is 5.10.